The lowest BCUT2D eigenvalue weighted by Crippen LogP contribution is -2.20. The van der Waals surface area contributed by atoms with E-state index < -0.39 is 12.2 Å². The van der Waals surface area contributed by atoms with Gasteiger partial charge >= 0.3 is 0 Å². The minimum atomic E-state index is -1.05. The van der Waals surface area contributed by atoms with Crippen molar-refractivity contribution >= 4 is 15.9 Å². The number of ether oxygens (including phenoxy) is 2. The third kappa shape index (κ3) is 2.66. The van der Waals surface area contributed by atoms with Crippen LogP contribution in [0.5, 0.6) is 11.5 Å². The van der Waals surface area contributed by atoms with Crippen LogP contribution in [-0.4, -0.2) is 35.9 Å². The summed E-state index contributed by atoms with van der Waals surface area (Å²) in [5.74, 6) is 0.985. The van der Waals surface area contributed by atoms with E-state index in [0.717, 1.165) is 0 Å². The van der Waals surface area contributed by atoms with E-state index in [1.165, 1.54) is 14.2 Å². The fraction of sp³-hybridized carbons (Fsp3) is 0.455. The second-order valence-electron chi connectivity index (χ2n) is 3.24. The van der Waals surface area contributed by atoms with Crippen LogP contribution in [0.2, 0.25) is 0 Å². The van der Waals surface area contributed by atoms with Gasteiger partial charge in [-0.15, -0.1) is 0 Å². The first-order valence-corrected chi connectivity index (χ1v) is 5.90. The van der Waals surface area contributed by atoms with Gasteiger partial charge in [-0.25, -0.2) is 0 Å². The molecule has 1 aromatic rings. The van der Waals surface area contributed by atoms with Gasteiger partial charge in [0, 0.05) is 5.33 Å². The lowest BCUT2D eigenvalue weighted by atomic mass is 10.0. The average Bonchev–Trinajstić information content (AvgIpc) is 2.35. The minimum Gasteiger partial charge on any atom is -0.496 e. The number of methoxy groups -OCH3 is 2. The largest absolute Gasteiger partial charge is 0.496 e. The lowest BCUT2D eigenvalue weighted by Gasteiger charge is -2.20. The van der Waals surface area contributed by atoms with Gasteiger partial charge in [0.25, 0.3) is 0 Å². The van der Waals surface area contributed by atoms with E-state index in [-0.39, 0.29) is 5.33 Å². The number of aliphatic hydroxyl groups is 2. The first-order chi connectivity index (χ1) is 7.65. The maximum Gasteiger partial charge on any atom is 0.128 e. The summed E-state index contributed by atoms with van der Waals surface area (Å²) in [7, 11) is 3.01. The fourth-order valence-corrected chi connectivity index (χ4v) is 1.80. The molecule has 0 amide bonds. The van der Waals surface area contributed by atoms with E-state index in [9.17, 15) is 10.2 Å². The number of hydrogen-bond donors (Lipinski definition) is 2. The topological polar surface area (TPSA) is 58.9 Å². The zero-order valence-corrected chi connectivity index (χ0v) is 10.8. The summed E-state index contributed by atoms with van der Waals surface area (Å²) in [6, 6.07) is 5.18. The molecule has 0 spiro atoms. The first-order valence-electron chi connectivity index (χ1n) is 4.78. The van der Waals surface area contributed by atoms with Crippen molar-refractivity contribution in [3.05, 3.63) is 23.8 Å². The summed E-state index contributed by atoms with van der Waals surface area (Å²) >= 11 is 3.11. The molecule has 0 aromatic heterocycles. The van der Waals surface area contributed by atoms with Gasteiger partial charge in [0.1, 0.15) is 17.6 Å². The lowest BCUT2D eigenvalue weighted by molar-refractivity contribution is 0.0312. The highest BCUT2D eigenvalue weighted by molar-refractivity contribution is 9.09. The summed E-state index contributed by atoms with van der Waals surface area (Å²) in [6.45, 7) is 0. The van der Waals surface area contributed by atoms with E-state index in [2.05, 4.69) is 15.9 Å². The molecule has 16 heavy (non-hydrogen) atoms. The van der Waals surface area contributed by atoms with Gasteiger partial charge in [-0.1, -0.05) is 22.0 Å². The summed E-state index contributed by atoms with van der Waals surface area (Å²) < 4.78 is 10.3. The van der Waals surface area contributed by atoms with Gasteiger partial charge in [-0.2, -0.15) is 0 Å². The molecule has 0 heterocycles. The molecule has 4 nitrogen and oxygen atoms in total. The van der Waals surface area contributed by atoms with Crippen LogP contribution in [0.4, 0.5) is 0 Å². The SMILES string of the molecule is COc1cccc(OC)c1C(O)C(O)CBr. The number of rotatable bonds is 5. The molecule has 2 unspecified atom stereocenters. The van der Waals surface area contributed by atoms with Crippen LogP contribution in [-0.2, 0) is 0 Å². The van der Waals surface area contributed by atoms with Crippen LogP contribution in [0, 0.1) is 0 Å². The Morgan fingerprint density at radius 2 is 1.69 bits per heavy atom. The van der Waals surface area contributed by atoms with Crippen molar-refractivity contribution in [3.63, 3.8) is 0 Å². The third-order valence-electron chi connectivity index (χ3n) is 2.28. The number of alkyl halides is 1. The van der Waals surface area contributed by atoms with Crippen LogP contribution in [0.3, 0.4) is 0 Å². The van der Waals surface area contributed by atoms with Crippen molar-refractivity contribution in [1.82, 2.24) is 0 Å². The Hall–Kier alpha value is -0.780. The molecule has 5 heteroatoms. The second kappa shape index (κ2) is 6.08. The first kappa shape index (κ1) is 13.3. The van der Waals surface area contributed by atoms with E-state index in [0.29, 0.717) is 17.1 Å². The van der Waals surface area contributed by atoms with Gasteiger partial charge in [0.05, 0.1) is 25.9 Å². The van der Waals surface area contributed by atoms with Gasteiger partial charge in [0.15, 0.2) is 0 Å². The maximum atomic E-state index is 9.97. The molecule has 0 saturated carbocycles. The van der Waals surface area contributed by atoms with E-state index in [1.54, 1.807) is 18.2 Å². The summed E-state index contributed by atoms with van der Waals surface area (Å²) in [4.78, 5) is 0. The number of hydrogen-bond acceptors (Lipinski definition) is 4. The normalized spacial score (nSPS) is 14.3. The zero-order chi connectivity index (χ0) is 12.1. The van der Waals surface area contributed by atoms with Gasteiger partial charge < -0.3 is 19.7 Å². The summed E-state index contributed by atoms with van der Waals surface area (Å²) in [5, 5.41) is 19.9. The molecule has 90 valence electrons. The number of halogens is 1. The van der Waals surface area contributed by atoms with E-state index in [1.807, 2.05) is 0 Å². The predicted octanol–water partition coefficient (Wildman–Crippen LogP) is 1.49. The molecule has 2 atom stereocenters. The molecule has 2 N–H and O–H groups in total. The monoisotopic (exact) mass is 290 g/mol. The smallest absolute Gasteiger partial charge is 0.128 e. The Bertz CT molecular complexity index is 321. The average molecular weight is 291 g/mol. The molecule has 0 aliphatic heterocycles. The van der Waals surface area contributed by atoms with Crippen molar-refractivity contribution in [3.8, 4) is 11.5 Å². The zero-order valence-electron chi connectivity index (χ0n) is 9.18. The van der Waals surface area contributed by atoms with Gasteiger partial charge in [-0.3, -0.25) is 0 Å². The van der Waals surface area contributed by atoms with Crippen molar-refractivity contribution in [2.45, 2.75) is 12.2 Å². The highest BCUT2D eigenvalue weighted by Gasteiger charge is 2.24. The standard InChI is InChI=1S/C11H15BrO4/c1-15-8-4-3-5-9(16-2)10(8)11(14)7(13)6-12/h3-5,7,11,13-14H,6H2,1-2H3. The van der Waals surface area contributed by atoms with Crippen LogP contribution in [0.1, 0.15) is 11.7 Å². The third-order valence-corrected chi connectivity index (χ3v) is 2.95. The van der Waals surface area contributed by atoms with Crippen molar-refractivity contribution in [2.24, 2.45) is 0 Å². The predicted molar refractivity (Wildman–Crippen MR) is 64.3 cm³/mol. The van der Waals surface area contributed by atoms with E-state index >= 15 is 0 Å². The van der Waals surface area contributed by atoms with Crippen LogP contribution in [0.25, 0.3) is 0 Å². The van der Waals surface area contributed by atoms with Gasteiger partial charge in [-0.05, 0) is 12.1 Å². The van der Waals surface area contributed by atoms with Gasteiger partial charge in [0.2, 0.25) is 0 Å². The highest BCUT2D eigenvalue weighted by atomic mass is 79.9. The highest BCUT2D eigenvalue weighted by Crippen LogP contribution is 2.35. The summed E-state index contributed by atoms with van der Waals surface area (Å²) in [5.41, 5.74) is 0.458. The Kier molecular flexibility index (Phi) is 5.05. The molecule has 0 saturated heterocycles. The molecule has 0 aliphatic carbocycles. The quantitative estimate of drug-likeness (QED) is 0.807. The molecular weight excluding hydrogens is 276 g/mol. The van der Waals surface area contributed by atoms with Crippen LogP contribution in [0.15, 0.2) is 18.2 Å². The van der Waals surface area contributed by atoms with Crippen molar-refractivity contribution in [1.29, 1.82) is 0 Å². The Morgan fingerprint density at radius 3 is 2.06 bits per heavy atom. The van der Waals surface area contributed by atoms with Crippen molar-refractivity contribution in [2.75, 3.05) is 19.5 Å². The summed E-state index contributed by atoms with van der Waals surface area (Å²) in [6.07, 6.45) is -1.96. The molecule has 0 fully saturated rings. The second-order valence-corrected chi connectivity index (χ2v) is 3.89. The number of benzene rings is 1. The number of aliphatic hydroxyl groups excluding tert-OH is 2. The molecule has 0 bridgehead atoms. The Balaban J connectivity index is 3.17. The molecule has 0 radical (unpaired) electrons. The molecule has 0 aliphatic rings. The fourth-order valence-electron chi connectivity index (χ4n) is 1.45. The van der Waals surface area contributed by atoms with E-state index in [4.69, 9.17) is 9.47 Å². The molecular formula is C11H15BrO4. The minimum absolute atomic E-state index is 0.273. The maximum absolute atomic E-state index is 9.97. The van der Waals surface area contributed by atoms with Crippen molar-refractivity contribution < 1.29 is 19.7 Å². The molecule has 1 aromatic carbocycles. The Morgan fingerprint density at radius 1 is 1.19 bits per heavy atom. The van der Waals surface area contributed by atoms with Crippen LogP contribution >= 0.6 is 15.9 Å². The molecule has 1 rings (SSSR count). The Labute approximate surface area is 103 Å². The van der Waals surface area contributed by atoms with Crippen LogP contribution < -0.4 is 9.47 Å².